The van der Waals surface area contributed by atoms with Crippen molar-refractivity contribution in [3.8, 4) is 0 Å². The van der Waals surface area contributed by atoms with Gasteiger partial charge in [-0.15, -0.1) is 0 Å². The molecule has 1 nitrogen and oxygen atoms in total. The van der Waals surface area contributed by atoms with E-state index in [2.05, 4.69) is 31.2 Å². The van der Waals surface area contributed by atoms with Crippen LogP contribution in [0.15, 0.2) is 18.2 Å². The first-order valence-electron chi connectivity index (χ1n) is 4.83. The Labute approximate surface area is 79.3 Å². The fourth-order valence-electron chi connectivity index (χ4n) is 1.82. The lowest BCUT2D eigenvalue weighted by atomic mass is 10.00. The molecular formula is C12H15N. The van der Waals surface area contributed by atoms with Gasteiger partial charge < -0.3 is 5.73 Å². The summed E-state index contributed by atoms with van der Waals surface area (Å²) < 4.78 is 0. The molecule has 1 aromatic carbocycles. The van der Waals surface area contributed by atoms with Crippen molar-refractivity contribution in [3.05, 3.63) is 34.9 Å². The molecule has 1 aromatic rings. The zero-order chi connectivity index (χ0) is 9.26. The average Bonchev–Trinajstić information content (AvgIpc) is 2.36. The lowest BCUT2D eigenvalue weighted by Gasteiger charge is -2.09. The summed E-state index contributed by atoms with van der Waals surface area (Å²) in [6, 6.07) is 4.32. The maximum absolute atomic E-state index is 6.02. The van der Waals surface area contributed by atoms with E-state index in [-0.39, 0.29) is 0 Å². The first-order valence-corrected chi connectivity index (χ1v) is 4.83. The highest BCUT2D eigenvalue weighted by molar-refractivity contribution is 5.71. The minimum absolute atomic E-state index is 0.954. The molecule has 0 aromatic heterocycles. The average molecular weight is 173 g/mol. The van der Waals surface area contributed by atoms with E-state index in [1.807, 2.05) is 0 Å². The van der Waals surface area contributed by atoms with E-state index in [0.29, 0.717) is 0 Å². The normalized spacial score (nSPS) is 15.2. The van der Waals surface area contributed by atoms with Crippen LogP contribution in [0.2, 0.25) is 0 Å². The van der Waals surface area contributed by atoms with Crippen molar-refractivity contribution < 1.29 is 0 Å². The quantitative estimate of drug-likeness (QED) is 0.600. The van der Waals surface area contributed by atoms with Gasteiger partial charge in [-0.25, -0.2) is 0 Å². The third-order valence-electron chi connectivity index (χ3n) is 2.70. The molecule has 0 saturated carbocycles. The second-order valence-corrected chi connectivity index (χ2v) is 3.66. The van der Waals surface area contributed by atoms with Gasteiger partial charge >= 0.3 is 0 Å². The van der Waals surface area contributed by atoms with E-state index in [9.17, 15) is 0 Å². The van der Waals surface area contributed by atoms with Crippen LogP contribution in [0.5, 0.6) is 0 Å². The molecule has 0 bridgehead atoms. The molecule has 1 aliphatic carbocycles. The number of hydrogen-bond acceptors (Lipinski definition) is 1. The number of rotatable bonds is 0. The van der Waals surface area contributed by atoms with Crippen molar-refractivity contribution in [2.24, 2.45) is 0 Å². The first kappa shape index (κ1) is 8.36. The van der Waals surface area contributed by atoms with Crippen molar-refractivity contribution in [1.82, 2.24) is 0 Å². The third-order valence-corrected chi connectivity index (χ3v) is 2.70. The zero-order valence-corrected chi connectivity index (χ0v) is 8.01. The molecule has 0 saturated heterocycles. The molecule has 68 valence electrons. The fourth-order valence-corrected chi connectivity index (χ4v) is 1.82. The fraction of sp³-hybridized carbons (Fsp3) is 0.333. The summed E-state index contributed by atoms with van der Waals surface area (Å²) in [6.45, 7) is 2.06. The molecule has 13 heavy (non-hydrogen) atoms. The van der Waals surface area contributed by atoms with Crippen LogP contribution in [-0.2, 0) is 6.42 Å². The smallest absolute Gasteiger partial charge is 0.0420 e. The topological polar surface area (TPSA) is 26.0 Å². The number of nitrogen functional groups attached to an aromatic ring is 1. The Kier molecular flexibility index (Phi) is 2.09. The number of anilines is 1. The maximum atomic E-state index is 6.02. The highest BCUT2D eigenvalue weighted by Gasteiger charge is 2.07. The van der Waals surface area contributed by atoms with Gasteiger partial charge in [0.1, 0.15) is 0 Å². The highest BCUT2D eigenvalue weighted by Crippen LogP contribution is 2.26. The van der Waals surface area contributed by atoms with Crippen molar-refractivity contribution in [1.29, 1.82) is 0 Å². The van der Waals surface area contributed by atoms with Crippen molar-refractivity contribution in [3.63, 3.8) is 0 Å². The van der Waals surface area contributed by atoms with Crippen molar-refractivity contribution in [2.75, 3.05) is 5.73 Å². The Bertz CT molecular complexity index is 350. The Balaban J connectivity index is 2.58. The molecule has 0 fully saturated rings. The molecular weight excluding hydrogens is 158 g/mol. The molecule has 2 rings (SSSR count). The van der Waals surface area contributed by atoms with Crippen LogP contribution in [0, 0.1) is 6.92 Å². The first-order chi connectivity index (χ1) is 6.29. The maximum Gasteiger partial charge on any atom is 0.0420 e. The van der Waals surface area contributed by atoms with Gasteiger partial charge in [-0.2, -0.15) is 0 Å². The SMILES string of the molecule is Cc1ccc2c(c1N)C=CCCC2. The molecule has 0 radical (unpaired) electrons. The lowest BCUT2D eigenvalue weighted by Crippen LogP contribution is -1.97. The largest absolute Gasteiger partial charge is 0.398 e. The van der Waals surface area contributed by atoms with Gasteiger partial charge in [-0.3, -0.25) is 0 Å². The van der Waals surface area contributed by atoms with E-state index in [1.165, 1.54) is 29.5 Å². The Hall–Kier alpha value is -1.24. The molecule has 2 N–H and O–H groups in total. The summed E-state index contributed by atoms with van der Waals surface area (Å²) in [5, 5.41) is 0. The van der Waals surface area contributed by atoms with E-state index in [1.54, 1.807) is 0 Å². The molecule has 1 aliphatic rings. The van der Waals surface area contributed by atoms with Gasteiger partial charge in [-0.05, 0) is 37.3 Å². The summed E-state index contributed by atoms with van der Waals surface area (Å²) in [6.07, 6.45) is 7.97. The predicted octanol–water partition coefficient (Wildman–Crippen LogP) is 2.93. The Morgan fingerprint density at radius 1 is 1.31 bits per heavy atom. The Morgan fingerprint density at radius 2 is 2.15 bits per heavy atom. The summed E-state index contributed by atoms with van der Waals surface area (Å²) >= 11 is 0. The van der Waals surface area contributed by atoms with E-state index in [4.69, 9.17) is 5.73 Å². The standard InChI is InChI=1S/C12H15N/c1-9-7-8-10-5-3-2-4-6-11(10)12(9)13/h4,6-8H,2-3,5,13H2,1H3. The number of fused-ring (bicyclic) bond motifs is 1. The van der Waals surface area contributed by atoms with E-state index < -0.39 is 0 Å². The van der Waals surface area contributed by atoms with Crippen LogP contribution >= 0.6 is 0 Å². The summed E-state index contributed by atoms with van der Waals surface area (Å²) in [7, 11) is 0. The predicted molar refractivity (Wildman–Crippen MR) is 57.6 cm³/mol. The molecule has 0 heterocycles. The molecule has 0 spiro atoms. The van der Waals surface area contributed by atoms with Crippen LogP contribution in [0.4, 0.5) is 5.69 Å². The number of allylic oxidation sites excluding steroid dienone is 1. The van der Waals surface area contributed by atoms with Gasteiger partial charge in [0.15, 0.2) is 0 Å². The van der Waals surface area contributed by atoms with E-state index >= 15 is 0 Å². The molecule has 0 amide bonds. The molecule has 0 atom stereocenters. The second-order valence-electron chi connectivity index (χ2n) is 3.66. The van der Waals surface area contributed by atoms with Gasteiger partial charge in [-0.1, -0.05) is 24.3 Å². The Morgan fingerprint density at radius 3 is 3.00 bits per heavy atom. The summed E-state index contributed by atoms with van der Waals surface area (Å²) in [5.74, 6) is 0. The summed E-state index contributed by atoms with van der Waals surface area (Å²) in [5.41, 5.74) is 10.8. The zero-order valence-electron chi connectivity index (χ0n) is 8.01. The number of aryl methyl sites for hydroxylation is 2. The van der Waals surface area contributed by atoms with Gasteiger partial charge in [0.25, 0.3) is 0 Å². The van der Waals surface area contributed by atoms with Crippen LogP contribution < -0.4 is 5.73 Å². The monoisotopic (exact) mass is 173 g/mol. The molecule has 0 aliphatic heterocycles. The molecule has 1 heteroatoms. The number of benzene rings is 1. The molecule has 0 unspecified atom stereocenters. The van der Waals surface area contributed by atoms with Crippen LogP contribution in [0.25, 0.3) is 6.08 Å². The summed E-state index contributed by atoms with van der Waals surface area (Å²) in [4.78, 5) is 0. The van der Waals surface area contributed by atoms with E-state index in [0.717, 1.165) is 12.1 Å². The van der Waals surface area contributed by atoms with Gasteiger partial charge in [0, 0.05) is 11.3 Å². The highest BCUT2D eigenvalue weighted by atomic mass is 14.6. The number of nitrogens with two attached hydrogens (primary N) is 1. The van der Waals surface area contributed by atoms with Crippen LogP contribution in [0.1, 0.15) is 29.5 Å². The van der Waals surface area contributed by atoms with Gasteiger partial charge in [0.2, 0.25) is 0 Å². The minimum atomic E-state index is 0.954. The second kappa shape index (κ2) is 3.25. The van der Waals surface area contributed by atoms with Crippen molar-refractivity contribution >= 4 is 11.8 Å². The third kappa shape index (κ3) is 1.46. The van der Waals surface area contributed by atoms with Crippen LogP contribution in [0.3, 0.4) is 0 Å². The minimum Gasteiger partial charge on any atom is -0.398 e. The lowest BCUT2D eigenvalue weighted by molar-refractivity contribution is 0.851. The number of hydrogen-bond donors (Lipinski definition) is 1. The van der Waals surface area contributed by atoms with Crippen molar-refractivity contribution in [2.45, 2.75) is 26.2 Å². The van der Waals surface area contributed by atoms with Gasteiger partial charge in [0.05, 0.1) is 0 Å². The van der Waals surface area contributed by atoms with Crippen LogP contribution in [-0.4, -0.2) is 0 Å².